The average Bonchev–Trinajstić information content (AvgIpc) is 2.76. The van der Waals surface area contributed by atoms with Crippen molar-refractivity contribution >= 4 is 12.4 Å². The number of ether oxygens (including phenoxy) is 1. The minimum absolute atomic E-state index is 0.181. The molecular formula is C24H20FN3O2. The highest BCUT2D eigenvalue weighted by Crippen LogP contribution is 2.34. The van der Waals surface area contributed by atoms with Gasteiger partial charge in [0.05, 0.1) is 17.6 Å². The Morgan fingerprint density at radius 1 is 1.23 bits per heavy atom. The standard InChI is InChI=1S/C24H20FN3O2/c1-4-7-22-23(26-3)19-12-18(17-9-5-10-20(25)15(17)2)24(29)28(21(19)14-30-22)16-8-6-11-27-13-16/h4-13H,3,14H2,1-2H3/b7-4-. The Kier molecular flexibility index (Phi) is 5.14. The maximum atomic E-state index is 14.3. The summed E-state index contributed by atoms with van der Waals surface area (Å²) in [5, 5.41) is 0. The van der Waals surface area contributed by atoms with Crippen molar-refractivity contribution in [2.75, 3.05) is 0 Å². The number of pyridine rings is 2. The zero-order valence-corrected chi connectivity index (χ0v) is 16.7. The molecule has 2 aromatic heterocycles. The van der Waals surface area contributed by atoms with Gasteiger partial charge in [-0.25, -0.2) is 4.39 Å². The number of allylic oxidation sites excluding steroid dienone is 2. The Balaban J connectivity index is 2.13. The number of halogens is 1. The van der Waals surface area contributed by atoms with Crippen LogP contribution in [0.1, 0.15) is 23.7 Å². The van der Waals surface area contributed by atoms with E-state index in [2.05, 4.69) is 16.7 Å². The fraction of sp³-hybridized carbons (Fsp3) is 0.125. The molecule has 0 amide bonds. The lowest BCUT2D eigenvalue weighted by Crippen LogP contribution is -2.27. The lowest BCUT2D eigenvalue weighted by atomic mass is 9.96. The summed E-state index contributed by atoms with van der Waals surface area (Å²) >= 11 is 0. The average molecular weight is 401 g/mol. The quantitative estimate of drug-likeness (QED) is 0.589. The van der Waals surface area contributed by atoms with Crippen molar-refractivity contribution in [3.05, 3.63) is 99.7 Å². The van der Waals surface area contributed by atoms with E-state index >= 15 is 0 Å². The van der Waals surface area contributed by atoms with Crippen LogP contribution in [0.5, 0.6) is 0 Å². The Labute approximate surface area is 173 Å². The molecule has 3 heterocycles. The van der Waals surface area contributed by atoms with Crippen LogP contribution < -0.4 is 5.56 Å². The van der Waals surface area contributed by atoms with E-state index in [0.29, 0.717) is 45.1 Å². The second-order valence-electron chi connectivity index (χ2n) is 6.84. The molecule has 0 N–H and O–H groups in total. The van der Waals surface area contributed by atoms with Gasteiger partial charge < -0.3 is 4.74 Å². The van der Waals surface area contributed by atoms with Crippen molar-refractivity contribution in [1.82, 2.24) is 9.55 Å². The second kappa shape index (κ2) is 7.91. The second-order valence-corrected chi connectivity index (χ2v) is 6.84. The van der Waals surface area contributed by atoms with E-state index in [1.807, 2.05) is 13.0 Å². The topological polar surface area (TPSA) is 56.5 Å². The molecule has 0 saturated heterocycles. The fourth-order valence-electron chi connectivity index (χ4n) is 3.64. The van der Waals surface area contributed by atoms with Gasteiger partial charge in [-0.3, -0.25) is 19.3 Å². The van der Waals surface area contributed by atoms with Crippen LogP contribution in [0.3, 0.4) is 0 Å². The Bertz CT molecular complexity index is 1260. The van der Waals surface area contributed by atoms with Gasteiger partial charge in [0.25, 0.3) is 5.56 Å². The highest BCUT2D eigenvalue weighted by Gasteiger charge is 2.26. The molecule has 0 aliphatic carbocycles. The van der Waals surface area contributed by atoms with E-state index < -0.39 is 0 Å². The van der Waals surface area contributed by atoms with Crippen LogP contribution in [-0.2, 0) is 11.3 Å². The molecule has 4 rings (SSSR count). The van der Waals surface area contributed by atoms with Gasteiger partial charge in [0, 0.05) is 17.3 Å². The molecule has 0 unspecified atom stereocenters. The lowest BCUT2D eigenvalue weighted by Gasteiger charge is -2.25. The van der Waals surface area contributed by atoms with Crippen molar-refractivity contribution in [2.45, 2.75) is 20.5 Å². The molecule has 0 radical (unpaired) electrons. The number of aliphatic imine (C=N–C) groups is 1. The van der Waals surface area contributed by atoms with Gasteiger partial charge in [0.2, 0.25) is 0 Å². The first-order valence-corrected chi connectivity index (χ1v) is 9.48. The largest absolute Gasteiger partial charge is 0.485 e. The summed E-state index contributed by atoms with van der Waals surface area (Å²) in [4.78, 5) is 21.9. The number of nitrogens with zero attached hydrogens (tertiary/aromatic N) is 3. The molecule has 0 bridgehead atoms. The Hall–Kier alpha value is -3.80. The highest BCUT2D eigenvalue weighted by atomic mass is 19.1. The summed E-state index contributed by atoms with van der Waals surface area (Å²) in [6.07, 6.45) is 6.90. The maximum Gasteiger partial charge on any atom is 0.263 e. The number of benzene rings is 1. The third kappa shape index (κ3) is 3.16. The summed E-state index contributed by atoms with van der Waals surface area (Å²) < 4.78 is 21.7. The van der Waals surface area contributed by atoms with Gasteiger partial charge in [-0.05, 0) is 62.0 Å². The van der Waals surface area contributed by atoms with E-state index in [9.17, 15) is 9.18 Å². The van der Waals surface area contributed by atoms with Gasteiger partial charge in [0.15, 0.2) is 0 Å². The molecule has 5 nitrogen and oxygen atoms in total. The lowest BCUT2D eigenvalue weighted by molar-refractivity contribution is 0.200. The minimum Gasteiger partial charge on any atom is -0.485 e. The molecule has 3 aromatic rings. The van der Waals surface area contributed by atoms with E-state index in [4.69, 9.17) is 4.74 Å². The van der Waals surface area contributed by atoms with E-state index in [0.717, 1.165) is 0 Å². The molecule has 30 heavy (non-hydrogen) atoms. The van der Waals surface area contributed by atoms with Crippen LogP contribution in [0.15, 0.2) is 76.5 Å². The third-order valence-electron chi connectivity index (χ3n) is 5.09. The van der Waals surface area contributed by atoms with E-state index in [1.165, 1.54) is 6.07 Å². The molecule has 1 aromatic carbocycles. The first-order valence-electron chi connectivity index (χ1n) is 9.48. The smallest absolute Gasteiger partial charge is 0.263 e. The van der Waals surface area contributed by atoms with Crippen molar-refractivity contribution in [3.8, 4) is 16.8 Å². The number of aromatic nitrogens is 2. The molecule has 1 aliphatic rings. The predicted octanol–water partition coefficient (Wildman–Crippen LogP) is 4.82. The molecular weight excluding hydrogens is 381 g/mol. The fourth-order valence-corrected chi connectivity index (χ4v) is 3.64. The van der Waals surface area contributed by atoms with E-state index in [-0.39, 0.29) is 18.0 Å². The first-order chi connectivity index (χ1) is 14.6. The SMILES string of the molecule is C=NC1=C(/C=C\C)OCc2c1cc(-c1cccc(F)c1C)c(=O)n2-c1cccnc1. The first kappa shape index (κ1) is 19.5. The predicted molar refractivity (Wildman–Crippen MR) is 116 cm³/mol. The van der Waals surface area contributed by atoms with Crippen molar-refractivity contribution < 1.29 is 9.13 Å². The molecule has 0 saturated carbocycles. The van der Waals surface area contributed by atoms with Crippen LogP contribution in [0.2, 0.25) is 0 Å². The van der Waals surface area contributed by atoms with Crippen molar-refractivity contribution in [3.63, 3.8) is 0 Å². The number of hydrogen-bond acceptors (Lipinski definition) is 4. The molecule has 0 spiro atoms. The van der Waals surface area contributed by atoms with Crippen LogP contribution in [0, 0.1) is 12.7 Å². The summed E-state index contributed by atoms with van der Waals surface area (Å²) in [6.45, 7) is 7.42. The molecule has 150 valence electrons. The maximum absolute atomic E-state index is 14.3. The minimum atomic E-state index is -0.368. The van der Waals surface area contributed by atoms with Gasteiger partial charge in [-0.15, -0.1) is 0 Å². The molecule has 0 fully saturated rings. The zero-order chi connectivity index (χ0) is 21.3. The van der Waals surface area contributed by atoms with Crippen LogP contribution >= 0.6 is 0 Å². The van der Waals surface area contributed by atoms with Gasteiger partial charge >= 0.3 is 0 Å². The third-order valence-corrected chi connectivity index (χ3v) is 5.09. The van der Waals surface area contributed by atoms with Crippen LogP contribution in [-0.4, -0.2) is 16.3 Å². The summed E-state index contributed by atoms with van der Waals surface area (Å²) in [5.41, 5.74) is 3.51. The molecule has 1 aliphatic heterocycles. The van der Waals surface area contributed by atoms with Crippen LogP contribution in [0.4, 0.5) is 4.39 Å². The summed E-state index contributed by atoms with van der Waals surface area (Å²) in [5.74, 6) is 0.200. The van der Waals surface area contributed by atoms with E-state index in [1.54, 1.807) is 60.3 Å². The van der Waals surface area contributed by atoms with Crippen molar-refractivity contribution in [2.24, 2.45) is 4.99 Å². The van der Waals surface area contributed by atoms with Gasteiger partial charge in [0.1, 0.15) is 23.9 Å². The summed E-state index contributed by atoms with van der Waals surface area (Å²) in [7, 11) is 0. The zero-order valence-electron chi connectivity index (χ0n) is 16.7. The number of fused-ring (bicyclic) bond motifs is 1. The van der Waals surface area contributed by atoms with Crippen LogP contribution in [0.25, 0.3) is 22.5 Å². The van der Waals surface area contributed by atoms with Gasteiger partial charge in [-0.1, -0.05) is 18.2 Å². The Morgan fingerprint density at radius 2 is 2.07 bits per heavy atom. The normalized spacial score (nSPS) is 13.3. The number of hydrogen-bond donors (Lipinski definition) is 0. The monoisotopic (exact) mass is 401 g/mol. The highest BCUT2D eigenvalue weighted by molar-refractivity contribution is 5.79. The molecule has 6 heteroatoms. The number of rotatable bonds is 4. The summed E-state index contributed by atoms with van der Waals surface area (Å²) in [6, 6.07) is 10.0. The van der Waals surface area contributed by atoms with Crippen molar-refractivity contribution in [1.29, 1.82) is 0 Å². The van der Waals surface area contributed by atoms with Gasteiger partial charge in [-0.2, -0.15) is 0 Å². The molecule has 0 atom stereocenters. The Morgan fingerprint density at radius 3 is 2.77 bits per heavy atom.